The van der Waals surface area contributed by atoms with Crippen molar-refractivity contribution in [1.29, 1.82) is 10.5 Å². The summed E-state index contributed by atoms with van der Waals surface area (Å²) in [6.45, 7) is 18.6. The number of anilines is 1. The van der Waals surface area contributed by atoms with Crippen LogP contribution in [0.15, 0.2) is 85.2 Å². The number of imidazole rings is 1. The molecule has 0 amide bonds. The molecule has 0 aliphatic carbocycles. The molecule has 2 aromatic heterocycles. The van der Waals surface area contributed by atoms with E-state index in [2.05, 4.69) is 56.0 Å². The molecule has 1 saturated heterocycles. The van der Waals surface area contributed by atoms with Crippen LogP contribution in [0.1, 0.15) is 77.2 Å². The van der Waals surface area contributed by atoms with Crippen LogP contribution in [0.5, 0.6) is 11.5 Å². The summed E-state index contributed by atoms with van der Waals surface area (Å²) in [6.07, 6.45) is -1.27. The molecule has 6 atom stereocenters. The first-order valence-corrected chi connectivity index (χ1v) is 26.3. The van der Waals surface area contributed by atoms with E-state index >= 15 is 0 Å². The lowest BCUT2D eigenvalue weighted by atomic mass is 9.79. The van der Waals surface area contributed by atoms with Crippen molar-refractivity contribution in [1.82, 2.24) is 24.2 Å². The predicted molar refractivity (Wildman–Crippen MR) is 258 cm³/mol. The Hall–Kier alpha value is -5.00. The first kappa shape index (κ1) is 50.4. The third-order valence-corrected chi connectivity index (χ3v) is 18.9. The lowest BCUT2D eigenvalue weighted by Gasteiger charge is -2.42. The van der Waals surface area contributed by atoms with Gasteiger partial charge in [-0.1, -0.05) is 75.4 Å². The monoisotopic (exact) mass is 936 g/mol. The maximum absolute atomic E-state index is 11.6. The minimum Gasteiger partial charge on any atom is -0.497 e. The SMILES string of the molecule is COc1ccc(C(OC[C@@H]2O[C@@H](n3c(C#N)nc4c(N(C)C)ncnc43)[C@H](O[Si](C)(C)C(C)(C)C)[C@@H]2C(C#N)COP(O)N(C(C)C)C(C)C)(c2ccccc2)c2ccc(OC)cc2)cc1. The van der Waals surface area contributed by atoms with Gasteiger partial charge in [-0.15, -0.1) is 0 Å². The zero-order valence-electron chi connectivity index (χ0n) is 40.5. The lowest BCUT2D eigenvalue weighted by molar-refractivity contribution is -0.0897. The van der Waals surface area contributed by atoms with E-state index in [0.717, 1.165) is 16.7 Å². The minimum absolute atomic E-state index is 0.0216. The van der Waals surface area contributed by atoms with Crippen molar-refractivity contribution >= 4 is 33.8 Å². The molecule has 352 valence electrons. The second-order valence-corrected chi connectivity index (χ2v) is 24.8. The van der Waals surface area contributed by atoms with Crippen molar-refractivity contribution in [3.05, 3.63) is 108 Å². The van der Waals surface area contributed by atoms with Crippen LogP contribution in [0.2, 0.25) is 18.1 Å². The molecular formula is C49H65N8O7PSi. The molecule has 0 spiro atoms. The van der Waals surface area contributed by atoms with Crippen molar-refractivity contribution in [2.45, 2.75) is 103 Å². The van der Waals surface area contributed by atoms with Gasteiger partial charge < -0.3 is 37.7 Å². The zero-order chi connectivity index (χ0) is 48.1. The van der Waals surface area contributed by atoms with Gasteiger partial charge in [0.2, 0.25) is 5.82 Å². The summed E-state index contributed by atoms with van der Waals surface area (Å²) in [6, 6.07) is 30.3. The van der Waals surface area contributed by atoms with E-state index in [4.69, 9.17) is 32.9 Å². The van der Waals surface area contributed by atoms with Crippen molar-refractivity contribution in [2.24, 2.45) is 11.8 Å². The van der Waals surface area contributed by atoms with Crippen LogP contribution in [-0.4, -0.2) is 103 Å². The Labute approximate surface area is 392 Å². The standard InChI is InChI=1S/C49H65N8O7PSi/c1-32(2)57(33(3)4)65(58)62-29-34(27-50)42-40(30-61-49(35-17-15-14-16-18-35,36-19-23-38(59-10)24-20-36)37-21-25-39(60-11)26-22-37)63-47(44(42)64-66(12,13)48(5,6)7)56-41(28-51)54-43-45(55(8)9)52-31-53-46(43)56/h14-26,31-34,40,42,44,47,58H,29-30H2,1-13H3/t34?,40-,42+,44+,47+,65?/m0/s1. The number of hydrogen-bond acceptors (Lipinski definition) is 14. The topological polar surface area (TPSA) is 173 Å². The molecule has 0 bridgehead atoms. The van der Waals surface area contributed by atoms with Crippen LogP contribution in [0.4, 0.5) is 5.82 Å². The largest absolute Gasteiger partial charge is 0.497 e. The highest BCUT2D eigenvalue weighted by Crippen LogP contribution is 2.50. The smallest absolute Gasteiger partial charge is 0.256 e. The quantitative estimate of drug-likeness (QED) is 0.0472. The van der Waals surface area contributed by atoms with Gasteiger partial charge in [-0.2, -0.15) is 10.5 Å². The average Bonchev–Trinajstić information content (AvgIpc) is 3.83. The van der Waals surface area contributed by atoms with Gasteiger partial charge in [-0.25, -0.2) is 19.6 Å². The fourth-order valence-corrected chi connectivity index (χ4v) is 11.0. The number of rotatable bonds is 19. The van der Waals surface area contributed by atoms with Crippen LogP contribution >= 0.6 is 8.53 Å². The van der Waals surface area contributed by atoms with E-state index in [0.29, 0.717) is 28.5 Å². The number of fused-ring (bicyclic) bond motifs is 1. The summed E-state index contributed by atoms with van der Waals surface area (Å²) in [5.74, 6) is 0.308. The highest BCUT2D eigenvalue weighted by molar-refractivity contribution is 7.43. The number of benzene rings is 3. The number of aromatic nitrogens is 4. The van der Waals surface area contributed by atoms with Crippen LogP contribution in [0, 0.1) is 34.5 Å². The number of ether oxygens (including phenoxy) is 4. The average molecular weight is 937 g/mol. The molecule has 0 saturated carbocycles. The van der Waals surface area contributed by atoms with E-state index in [-0.39, 0.29) is 36.2 Å². The van der Waals surface area contributed by atoms with Gasteiger partial charge in [0.15, 0.2) is 31.5 Å². The second-order valence-electron chi connectivity index (χ2n) is 18.8. The van der Waals surface area contributed by atoms with E-state index in [9.17, 15) is 15.4 Å². The maximum Gasteiger partial charge on any atom is 0.256 e. The fraction of sp³-hybridized carbons (Fsp3) is 0.490. The Morgan fingerprint density at radius 1 is 0.864 bits per heavy atom. The van der Waals surface area contributed by atoms with E-state index in [1.807, 2.05) is 130 Å². The summed E-state index contributed by atoms with van der Waals surface area (Å²) < 4.78 is 43.4. The number of nitrogens with zero attached hydrogens (tertiary/aromatic N) is 8. The molecule has 5 aromatic rings. The van der Waals surface area contributed by atoms with E-state index < -0.39 is 52.7 Å². The van der Waals surface area contributed by atoms with Crippen molar-refractivity contribution in [3.8, 4) is 23.6 Å². The van der Waals surface area contributed by atoms with Gasteiger partial charge in [-0.3, -0.25) is 4.57 Å². The highest BCUT2D eigenvalue weighted by Gasteiger charge is 2.55. The van der Waals surface area contributed by atoms with Crippen LogP contribution in [-0.2, 0) is 24.0 Å². The number of nitriles is 2. The van der Waals surface area contributed by atoms with Crippen molar-refractivity contribution in [3.63, 3.8) is 0 Å². The third kappa shape index (κ3) is 10.1. The van der Waals surface area contributed by atoms with Gasteiger partial charge in [0.1, 0.15) is 29.5 Å². The molecule has 1 fully saturated rings. The Bertz CT molecular complexity index is 2410. The summed E-state index contributed by atoms with van der Waals surface area (Å²) in [5, 5.41) is 21.8. The predicted octanol–water partition coefficient (Wildman–Crippen LogP) is 9.19. The molecular weight excluding hydrogens is 872 g/mol. The molecule has 2 unspecified atom stereocenters. The number of hydrogen-bond donors (Lipinski definition) is 1. The second kappa shape index (κ2) is 20.9. The van der Waals surface area contributed by atoms with Gasteiger partial charge >= 0.3 is 0 Å². The summed E-state index contributed by atoms with van der Waals surface area (Å²) in [4.78, 5) is 27.3. The molecule has 15 nitrogen and oxygen atoms in total. The van der Waals surface area contributed by atoms with Gasteiger partial charge in [-0.05, 0) is 86.8 Å². The lowest BCUT2D eigenvalue weighted by Crippen LogP contribution is -2.49. The molecule has 1 aliphatic rings. The molecule has 1 aliphatic heterocycles. The summed E-state index contributed by atoms with van der Waals surface area (Å²) >= 11 is 0. The van der Waals surface area contributed by atoms with E-state index in [1.54, 1.807) is 18.8 Å². The minimum atomic E-state index is -2.71. The van der Waals surface area contributed by atoms with E-state index in [1.165, 1.54) is 6.33 Å². The first-order chi connectivity index (χ1) is 31.3. The Morgan fingerprint density at radius 2 is 1.42 bits per heavy atom. The first-order valence-electron chi connectivity index (χ1n) is 22.2. The molecule has 6 rings (SSSR count). The van der Waals surface area contributed by atoms with Gasteiger partial charge in [0, 0.05) is 32.1 Å². The molecule has 66 heavy (non-hydrogen) atoms. The molecule has 17 heteroatoms. The summed E-state index contributed by atoms with van der Waals surface area (Å²) in [5.41, 5.74) is 2.03. The number of methoxy groups -OCH3 is 2. The summed E-state index contributed by atoms with van der Waals surface area (Å²) in [7, 11) is 2.16. The fourth-order valence-electron chi connectivity index (χ4n) is 8.51. The highest BCUT2D eigenvalue weighted by atomic mass is 31.2. The molecule has 0 radical (unpaired) electrons. The maximum atomic E-state index is 11.6. The van der Waals surface area contributed by atoms with Crippen LogP contribution in [0.3, 0.4) is 0 Å². The Morgan fingerprint density at radius 3 is 1.91 bits per heavy atom. The van der Waals surface area contributed by atoms with Crippen LogP contribution < -0.4 is 14.4 Å². The van der Waals surface area contributed by atoms with Crippen LogP contribution in [0.25, 0.3) is 11.2 Å². The molecule has 1 N–H and O–H groups in total. The van der Waals surface area contributed by atoms with Gasteiger partial charge in [0.05, 0.1) is 51.6 Å². The normalized spacial score (nSPS) is 19.0. The molecule has 3 aromatic carbocycles. The van der Waals surface area contributed by atoms with Crippen molar-refractivity contribution < 1.29 is 32.8 Å². The third-order valence-electron chi connectivity index (χ3n) is 12.8. The van der Waals surface area contributed by atoms with Gasteiger partial charge in [0.25, 0.3) is 8.53 Å². The molecule has 3 heterocycles. The Balaban J connectivity index is 1.58. The zero-order valence-corrected chi connectivity index (χ0v) is 42.4. The Kier molecular flexibility index (Phi) is 16.0. The van der Waals surface area contributed by atoms with Crippen molar-refractivity contribution in [2.75, 3.05) is 46.4 Å².